The summed E-state index contributed by atoms with van der Waals surface area (Å²) < 4.78 is 47.9. The Labute approximate surface area is 272 Å². The molecule has 0 bridgehead atoms. The van der Waals surface area contributed by atoms with Crippen LogP contribution in [-0.2, 0) is 36.8 Å². The summed E-state index contributed by atoms with van der Waals surface area (Å²) in [7, 11) is -11.8. The van der Waals surface area contributed by atoms with E-state index >= 15 is 0 Å². The van der Waals surface area contributed by atoms with Gasteiger partial charge < -0.3 is 59.8 Å². The van der Waals surface area contributed by atoms with Gasteiger partial charge in [0.05, 0.1) is 12.9 Å². The standard InChI is InChI=1S/C16H23N5O16P2.2Na/c17-16-19-12-6(13(28)20-16)18-3-21(12)14-10(26)8(24)5(34-14)2-33-38(29,30)37-39(31,32)36-15-11(27)9(25)7(23)4(1-22)35-15;;/h1,3-5,7-11,14-15,23-27H,2H2,(H,29,30)(H,31,32)(H3,17,19,20,28);;/q;2*+1/p-2. The van der Waals surface area contributed by atoms with Crippen LogP contribution in [0.5, 0.6) is 0 Å². The number of aliphatic hydroxyl groups excluding tert-OH is 5. The molecule has 0 radical (unpaired) electrons. The zero-order valence-electron chi connectivity index (χ0n) is 21.1. The molecule has 2 fully saturated rings. The number of carbonyl (C=O) groups is 1. The molecule has 2 aliphatic rings. The molecule has 25 heteroatoms. The second-order valence-corrected chi connectivity index (χ2v) is 11.2. The Morgan fingerprint density at radius 1 is 1.05 bits per heavy atom. The molecule has 2 aromatic rings. The zero-order valence-corrected chi connectivity index (χ0v) is 26.9. The average molecular weight is 647 g/mol. The molecule has 0 aliphatic carbocycles. The zero-order chi connectivity index (χ0) is 28.9. The van der Waals surface area contributed by atoms with Crippen molar-refractivity contribution in [2.75, 3.05) is 12.3 Å². The molecule has 21 nitrogen and oxygen atoms in total. The summed E-state index contributed by atoms with van der Waals surface area (Å²) in [5, 5.41) is 49.8. The Bertz CT molecular complexity index is 1380. The number of nitrogens with two attached hydrogens (primary N) is 1. The van der Waals surface area contributed by atoms with E-state index in [4.69, 9.17) is 10.5 Å². The summed E-state index contributed by atoms with van der Waals surface area (Å²) in [5.74, 6) is -0.297. The largest absolute Gasteiger partial charge is 1.00 e. The number of hydrogen-bond acceptors (Lipinski definition) is 19. The van der Waals surface area contributed by atoms with Crippen molar-refractivity contribution >= 4 is 39.0 Å². The molecule has 11 unspecified atom stereocenters. The van der Waals surface area contributed by atoms with Crippen LogP contribution in [0.25, 0.3) is 11.2 Å². The summed E-state index contributed by atoms with van der Waals surface area (Å²) in [6.07, 6.45) is -16.1. The van der Waals surface area contributed by atoms with Gasteiger partial charge >= 0.3 is 59.1 Å². The van der Waals surface area contributed by atoms with E-state index < -0.39 is 83.1 Å². The third-order valence-electron chi connectivity index (χ3n) is 5.63. The van der Waals surface area contributed by atoms with E-state index in [2.05, 4.69) is 33.0 Å². The number of aldehydes is 1. The van der Waals surface area contributed by atoms with Gasteiger partial charge in [0.1, 0.15) is 42.7 Å². The summed E-state index contributed by atoms with van der Waals surface area (Å²) >= 11 is 0. The Kier molecular flexibility index (Phi) is 12.9. The third kappa shape index (κ3) is 8.10. The average Bonchev–Trinajstić information content (AvgIpc) is 3.38. The summed E-state index contributed by atoms with van der Waals surface area (Å²) in [6.45, 7) is -1.10. The molecule has 0 spiro atoms. The first kappa shape index (κ1) is 37.0. The molecule has 218 valence electrons. The number of phosphoric acid groups is 2. The number of anilines is 1. The SMILES string of the molecule is Nc1nc2c(ncn2C2OC(COP(=O)([O-])OP(=O)([O-])OC3OC(C=O)C(O)C(O)C3O)C(O)C2O)c(=O)[nH]1.[Na+].[Na+]. The fourth-order valence-corrected chi connectivity index (χ4v) is 5.84. The van der Waals surface area contributed by atoms with Gasteiger partial charge in [0.2, 0.25) is 5.95 Å². The van der Waals surface area contributed by atoms with Crippen LogP contribution in [0.1, 0.15) is 6.23 Å². The topological polar surface area (TPSA) is 334 Å². The van der Waals surface area contributed by atoms with Crippen molar-refractivity contribution in [2.24, 2.45) is 0 Å². The van der Waals surface area contributed by atoms with Crippen LogP contribution in [0.3, 0.4) is 0 Å². The smallest absolute Gasteiger partial charge is 0.756 e. The second-order valence-electron chi connectivity index (χ2n) is 8.28. The fraction of sp³-hybridized carbons (Fsp3) is 0.625. The number of nitrogen functional groups attached to an aromatic ring is 1. The minimum Gasteiger partial charge on any atom is -0.756 e. The van der Waals surface area contributed by atoms with Crippen LogP contribution in [-0.4, -0.2) is 107 Å². The number of aliphatic hydroxyl groups is 5. The van der Waals surface area contributed by atoms with E-state index in [1.54, 1.807) is 0 Å². The first-order chi connectivity index (χ1) is 18.1. The number of ether oxygens (including phenoxy) is 2. The van der Waals surface area contributed by atoms with Crippen molar-refractivity contribution < 1.29 is 131 Å². The van der Waals surface area contributed by atoms with E-state index in [9.17, 15) is 54.0 Å². The number of aromatic nitrogens is 4. The number of nitrogens with zero attached hydrogens (tertiary/aromatic N) is 3. The van der Waals surface area contributed by atoms with Crippen LogP contribution in [0.15, 0.2) is 11.1 Å². The van der Waals surface area contributed by atoms with Gasteiger partial charge in [0.15, 0.2) is 30.0 Å². The quantitative estimate of drug-likeness (QED) is 0.0754. The number of nitrogens with one attached hydrogen (secondary N) is 1. The monoisotopic (exact) mass is 647 g/mol. The summed E-state index contributed by atoms with van der Waals surface area (Å²) in [5.41, 5.74) is 4.46. The van der Waals surface area contributed by atoms with E-state index in [0.717, 1.165) is 10.9 Å². The molecule has 4 heterocycles. The maximum absolute atomic E-state index is 12.1. The first-order valence-electron chi connectivity index (χ1n) is 10.7. The minimum absolute atomic E-state index is 0. The van der Waals surface area contributed by atoms with Gasteiger partial charge in [-0.1, -0.05) is 0 Å². The number of H-pyrrole nitrogens is 1. The third-order valence-corrected chi connectivity index (χ3v) is 8.16. The van der Waals surface area contributed by atoms with Gasteiger partial charge in [0, 0.05) is 0 Å². The molecule has 2 aliphatic heterocycles. The van der Waals surface area contributed by atoms with E-state index in [1.807, 2.05) is 0 Å². The number of rotatable bonds is 9. The molecule has 4 rings (SSSR count). The van der Waals surface area contributed by atoms with Crippen LogP contribution in [0.2, 0.25) is 0 Å². The van der Waals surface area contributed by atoms with Crippen molar-refractivity contribution in [2.45, 2.75) is 55.2 Å². The van der Waals surface area contributed by atoms with Gasteiger partial charge in [-0.15, -0.1) is 0 Å². The van der Waals surface area contributed by atoms with Crippen molar-refractivity contribution in [1.29, 1.82) is 0 Å². The van der Waals surface area contributed by atoms with Gasteiger partial charge in [0.25, 0.3) is 21.2 Å². The Balaban J connectivity index is 0.00000294. The van der Waals surface area contributed by atoms with E-state index in [1.165, 1.54) is 0 Å². The van der Waals surface area contributed by atoms with Crippen molar-refractivity contribution in [3.63, 3.8) is 0 Å². The molecule has 8 N–H and O–H groups in total. The maximum Gasteiger partial charge on any atom is 1.00 e. The minimum atomic E-state index is -5.94. The molecule has 0 aromatic carbocycles. The molecule has 0 saturated carbocycles. The van der Waals surface area contributed by atoms with Crippen LogP contribution in [0.4, 0.5) is 5.95 Å². The number of imidazole rings is 1. The first-order valence-corrected chi connectivity index (χ1v) is 13.6. The van der Waals surface area contributed by atoms with E-state index in [-0.39, 0.29) is 82.5 Å². The summed E-state index contributed by atoms with van der Waals surface area (Å²) in [4.78, 5) is 56.9. The van der Waals surface area contributed by atoms with Gasteiger partial charge in [-0.25, -0.2) is 9.29 Å². The predicted octanol–water partition coefficient (Wildman–Crippen LogP) is -11.7. The summed E-state index contributed by atoms with van der Waals surface area (Å²) in [6, 6.07) is 0. The number of hydrogen-bond donors (Lipinski definition) is 7. The maximum atomic E-state index is 12.1. The van der Waals surface area contributed by atoms with Gasteiger partial charge in [-0.3, -0.25) is 28.0 Å². The van der Waals surface area contributed by atoms with Gasteiger partial charge in [-0.05, 0) is 0 Å². The number of carbonyl (C=O) groups excluding carboxylic acids is 1. The van der Waals surface area contributed by atoms with Crippen molar-refractivity contribution in [1.82, 2.24) is 19.5 Å². The van der Waals surface area contributed by atoms with Crippen LogP contribution < -0.4 is 80.2 Å². The number of aromatic amines is 1. The normalized spacial score (nSPS) is 34.7. The molecular formula is C16H21N5Na2O16P2. The molecule has 2 aromatic heterocycles. The van der Waals surface area contributed by atoms with Crippen molar-refractivity contribution in [3.05, 3.63) is 16.7 Å². The van der Waals surface area contributed by atoms with E-state index in [0.29, 0.717) is 0 Å². The van der Waals surface area contributed by atoms with Crippen molar-refractivity contribution in [3.8, 4) is 0 Å². The second kappa shape index (κ2) is 14.3. The Hall–Kier alpha value is -0.200. The predicted molar refractivity (Wildman–Crippen MR) is 115 cm³/mol. The molecule has 41 heavy (non-hydrogen) atoms. The Morgan fingerprint density at radius 3 is 2.34 bits per heavy atom. The molecule has 0 amide bonds. The molecule has 11 atom stereocenters. The number of fused-ring (bicyclic) bond motifs is 1. The molecule has 2 saturated heterocycles. The molecular weight excluding hydrogens is 626 g/mol. The van der Waals surface area contributed by atoms with Crippen LogP contribution >= 0.6 is 15.6 Å². The Morgan fingerprint density at radius 2 is 1.71 bits per heavy atom. The van der Waals surface area contributed by atoms with Gasteiger partial charge in [-0.2, -0.15) is 4.98 Å². The fourth-order valence-electron chi connectivity index (χ4n) is 3.76. The van der Waals surface area contributed by atoms with Crippen LogP contribution in [0, 0.1) is 0 Å². The number of phosphoric ester groups is 2.